The van der Waals surface area contributed by atoms with Gasteiger partial charge < -0.3 is 9.47 Å². The van der Waals surface area contributed by atoms with E-state index in [4.69, 9.17) is 9.47 Å². The van der Waals surface area contributed by atoms with Crippen LogP contribution in [0.15, 0.2) is 78.9 Å². The molecule has 0 unspecified atom stereocenters. The number of pyridine rings is 1. The summed E-state index contributed by atoms with van der Waals surface area (Å²) < 4.78 is 23.6. The highest BCUT2D eigenvalue weighted by molar-refractivity contribution is 6.08. The Morgan fingerprint density at radius 1 is 0.912 bits per heavy atom. The third-order valence-corrected chi connectivity index (χ3v) is 5.01. The maximum absolute atomic E-state index is 13.3. The summed E-state index contributed by atoms with van der Waals surface area (Å²) in [4.78, 5) is 42.0. The van der Waals surface area contributed by atoms with E-state index < -0.39 is 30.2 Å². The summed E-state index contributed by atoms with van der Waals surface area (Å²) in [7, 11) is 1.41. The van der Waals surface area contributed by atoms with E-state index in [0.717, 1.165) is 0 Å². The summed E-state index contributed by atoms with van der Waals surface area (Å²) in [6.45, 7) is -0.664. The molecule has 4 rings (SSSR count). The molecule has 0 spiro atoms. The fourth-order valence-electron chi connectivity index (χ4n) is 3.38. The lowest BCUT2D eigenvalue weighted by molar-refractivity contribution is -0.123. The monoisotopic (exact) mass is 458 g/mol. The molecule has 0 aliphatic rings. The Morgan fingerprint density at radius 3 is 2.38 bits per heavy atom. The van der Waals surface area contributed by atoms with Crippen molar-refractivity contribution in [1.82, 2.24) is 10.3 Å². The molecule has 1 aromatic heterocycles. The molecule has 0 fully saturated rings. The number of aromatic nitrogens is 1. The average Bonchev–Trinajstić information content (AvgIpc) is 2.87. The highest BCUT2D eigenvalue weighted by Gasteiger charge is 2.19. The van der Waals surface area contributed by atoms with Crippen LogP contribution in [-0.4, -0.2) is 36.5 Å². The van der Waals surface area contributed by atoms with Crippen molar-refractivity contribution in [2.75, 3.05) is 13.7 Å². The number of esters is 1. The van der Waals surface area contributed by atoms with Crippen molar-refractivity contribution in [2.24, 2.45) is 0 Å². The van der Waals surface area contributed by atoms with Gasteiger partial charge in [-0.1, -0.05) is 30.3 Å². The summed E-state index contributed by atoms with van der Waals surface area (Å²) in [5, 5.41) is 2.71. The Balaban J connectivity index is 1.52. The van der Waals surface area contributed by atoms with E-state index in [1.807, 2.05) is 0 Å². The van der Waals surface area contributed by atoms with Crippen LogP contribution >= 0.6 is 0 Å². The van der Waals surface area contributed by atoms with Gasteiger partial charge in [0.1, 0.15) is 11.6 Å². The molecule has 0 saturated carbocycles. The summed E-state index contributed by atoms with van der Waals surface area (Å²) in [6, 6.07) is 20.6. The second kappa shape index (κ2) is 9.91. The Bertz CT molecular complexity index is 1390. The molecule has 0 aliphatic heterocycles. The number of benzene rings is 3. The number of amides is 2. The minimum atomic E-state index is -0.790. The van der Waals surface area contributed by atoms with E-state index >= 15 is 0 Å². The molecule has 0 aliphatic carbocycles. The number of imide groups is 1. The van der Waals surface area contributed by atoms with E-state index in [9.17, 15) is 18.8 Å². The summed E-state index contributed by atoms with van der Waals surface area (Å²) in [6.07, 6.45) is 0. The number of rotatable bonds is 6. The molecular weight excluding hydrogens is 439 g/mol. The fourth-order valence-corrected chi connectivity index (χ4v) is 3.38. The van der Waals surface area contributed by atoms with E-state index in [2.05, 4.69) is 10.3 Å². The molecule has 4 aromatic rings. The second-order valence-electron chi connectivity index (χ2n) is 7.23. The fraction of sp³-hybridized carbons (Fsp3) is 0.0769. The average molecular weight is 458 g/mol. The number of methoxy groups -OCH3 is 1. The van der Waals surface area contributed by atoms with Crippen LogP contribution in [-0.2, 0) is 9.53 Å². The molecule has 3 aromatic carbocycles. The lowest BCUT2D eigenvalue weighted by atomic mass is 10.0. The molecule has 0 saturated heterocycles. The molecular formula is C26H19FN2O5. The number of halogens is 1. The highest BCUT2D eigenvalue weighted by Crippen LogP contribution is 2.25. The number of hydrogen-bond acceptors (Lipinski definition) is 6. The van der Waals surface area contributed by atoms with Gasteiger partial charge in [-0.25, -0.2) is 14.2 Å². The van der Waals surface area contributed by atoms with Crippen molar-refractivity contribution in [3.05, 3.63) is 95.8 Å². The van der Waals surface area contributed by atoms with Gasteiger partial charge in [0.15, 0.2) is 6.61 Å². The number of nitrogens with zero attached hydrogens (tertiary/aromatic N) is 1. The lowest BCUT2D eigenvalue weighted by Gasteiger charge is -2.11. The number of ether oxygens (including phenoxy) is 2. The van der Waals surface area contributed by atoms with Crippen molar-refractivity contribution in [1.29, 1.82) is 0 Å². The Kier molecular flexibility index (Phi) is 6.59. The molecule has 0 atom stereocenters. The lowest BCUT2D eigenvalue weighted by Crippen LogP contribution is -2.34. The number of carbonyl (C=O) groups excluding carboxylic acids is 3. The first-order chi connectivity index (χ1) is 16.5. The highest BCUT2D eigenvalue weighted by atomic mass is 19.1. The van der Waals surface area contributed by atoms with E-state index in [1.165, 1.54) is 31.4 Å². The topological polar surface area (TPSA) is 94.6 Å². The van der Waals surface area contributed by atoms with Crippen LogP contribution in [0.25, 0.3) is 22.2 Å². The van der Waals surface area contributed by atoms with Crippen LogP contribution in [0.2, 0.25) is 0 Å². The first kappa shape index (κ1) is 22.6. The number of carbonyl (C=O) groups is 3. The molecule has 1 heterocycles. The zero-order valence-electron chi connectivity index (χ0n) is 18.1. The Labute approximate surface area is 194 Å². The first-order valence-electron chi connectivity index (χ1n) is 10.3. The predicted octanol–water partition coefficient (Wildman–Crippen LogP) is 4.16. The third-order valence-electron chi connectivity index (χ3n) is 5.01. The maximum atomic E-state index is 13.3. The van der Waals surface area contributed by atoms with E-state index in [-0.39, 0.29) is 11.1 Å². The molecule has 34 heavy (non-hydrogen) atoms. The number of hydrogen-bond donors (Lipinski definition) is 1. The van der Waals surface area contributed by atoms with Crippen LogP contribution < -0.4 is 10.1 Å². The summed E-state index contributed by atoms with van der Waals surface area (Å²) in [5.41, 5.74) is 1.96. The van der Waals surface area contributed by atoms with E-state index in [0.29, 0.717) is 27.9 Å². The van der Waals surface area contributed by atoms with Gasteiger partial charge in [-0.2, -0.15) is 0 Å². The molecule has 0 bridgehead atoms. The Morgan fingerprint density at radius 2 is 1.62 bits per heavy atom. The van der Waals surface area contributed by atoms with Gasteiger partial charge in [-0.3, -0.25) is 14.9 Å². The smallest absolute Gasteiger partial charge is 0.339 e. The van der Waals surface area contributed by atoms with Gasteiger partial charge in [0.05, 0.1) is 29.4 Å². The van der Waals surface area contributed by atoms with Crippen molar-refractivity contribution >= 4 is 28.7 Å². The van der Waals surface area contributed by atoms with Gasteiger partial charge in [0.2, 0.25) is 0 Å². The number of fused-ring (bicyclic) bond motifs is 1. The van der Waals surface area contributed by atoms with E-state index in [1.54, 1.807) is 54.6 Å². The van der Waals surface area contributed by atoms with Crippen LogP contribution in [0.1, 0.15) is 20.7 Å². The van der Waals surface area contributed by atoms with Crippen LogP contribution in [0.5, 0.6) is 5.75 Å². The molecule has 0 radical (unpaired) electrons. The van der Waals surface area contributed by atoms with Crippen molar-refractivity contribution < 1.29 is 28.2 Å². The predicted molar refractivity (Wildman–Crippen MR) is 123 cm³/mol. The maximum Gasteiger partial charge on any atom is 0.339 e. The van der Waals surface area contributed by atoms with Gasteiger partial charge >= 0.3 is 5.97 Å². The summed E-state index contributed by atoms with van der Waals surface area (Å²) >= 11 is 0. The molecule has 2 amide bonds. The zero-order chi connectivity index (χ0) is 24.1. The van der Waals surface area contributed by atoms with Crippen LogP contribution in [0, 0.1) is 5.82 Å². The normalized spacial score (nSPS) is 10.5. The number of nitrogens with one attached hydrogen (secondary N) is 1. The number of para-hydroxylation sites is 2. The van der Waals surface area contributed by atoms with Gasteiger partial charge in [0, 0.05) is 10.9 Å². The SMILES string of the molecule is COc1ccccc1C(=O)NC(=O)COC(=O)c1cc(-c2ccc(F)cc2)nc2ccccc12. The molecule has 7 nitrogen and oxygen atoms in total. The van der Waals surface area contributed by atoms with Crippen molar-refractivity contribution in [2.45, 2.75) is 0 Å². The minimum absolute atomic E-state index is 0.175. The Hall–Kier alpha value is -4.59. The van der Waals surface area contributed by atoms with Crippen molar-refractivity contribution in [3.63, 3.8) is 0 Å². The molecule has 8 heteroatoms. The van der Waals surface area contributed by atoms with Gasteiger partial charge in [-0.15, -0.1) is 0 Å². The third kappa shape index (κ3) is 4.91. The van der Waals surface area contributed by atoms with Crippen LogP contribution in [0.4, 0.5) is 4.39 Å². The van der Waals surface area contributed by atoms with Crippen LogP contribution in [0.3, 0.4) is 0 Å². The molecule has 1 N–H and O–H groups in total. The minimum Gasteiger partial charge on any atom is -0.496 e. The summed E-state index contributed by atoms with van der Waals surface area (Å²) in [5.74, 6) is -2.31. The van der Waals surface area contributed by atoms with Gasteiger partial charge in [0.25, 0.3) is 11.8 Å². The second-order valence-corrected chi connectivity index (χ2v) is 7.23. The van der Waals surface area contributed by atoms with Crippen molar-refractivity contribution in [3.8, 4) is 17.0 Å². The first-order valence-corrected chi connectivity index (χ1v) is 10.3. The quantitative estimate of drug-likeness (QED) is 0.436. The zero-order valence-corrected chi connectivity index (χ0v) is 18.1. The standard InChI is InChI=1S/C26H19FN2O5/c1-33-23-9-5-3-7-19(23)25(31)29-24(30)15-34-26(32)20-14-22(16-10-12-17(27)13-11-16)28-21-8-4-2-6-18(20)21/h2-14H,15H2,1H3,(H,29,30,31). The largest absolute Gasteiger partial charge is 0.496 e. The molecule has 170 valence electrons. The van der Waals surface area contributed by atoms with Gasteiger partial charge in [-0.05, 0) is 48.5 Å².